The molecule has 1 atom stereocenters. The van der Waals surface area contributed by atoms with Gasteiger partial charge >= 0.3 is 0 Å². The highest BCUT2D eigenvalue weighted by Gasteiger charge is 2.22. The number of rotatable bonds is 6. The molecule has 0 bridgehead atoms. The Labute approximate surface area is 156 Å². The Morgan fingerprint density at radius 3 is 2.60 bits per heavy atom. The summed E-state index contributed by atoms with van der Waals surface area (Å²) < 4.78 is 25.6. The number of nitrogens with zero attached hydrogens (tertiary/aromatic N) is 2. The summed E-state index contributed by atoms with van der Waals surface area (Å²) in [6.07, 6.45) is 1.66. The fourth-order valence-electron chi connectivity index (χ4n) is 1.87. The number of amides is 1. The van der Waals surface area contributed by atoms with Gasteiger partial charge < -0.3 is 5.32 Å². The summed E-state index contributed by atoms with van der Waals surface area (Å²) in [5.74, 6) is -0.258. The lowest BCUT2D eigenvalue weighted by Crippen LogP contribution is -2.24. The molecule has 0 saturated heterocycles. The number of pyridine rings is 1. The van der Waals surface area contributed by atoms with E-state index in [0.29, 0.717) is 5.69 Å². The summed E-state index contributed by atoms with van der Waals surface area (Å²) in [6.45, 7) is 1.75. The molecule has 134 valence electrons. The Morgan fingerprint density at radius 2 is 2.00 bits per heavy atom. The van der Waals surface area contributed by atoms with Gasteiger partial charge in [0, 0.05) is 26.0 Å². The molecule has 1 aromatic heterocycles. The molecule has 0 fully saturated rings. The molecule has 0 saturated carbocycles. The Morgan fingerprint density at radius 1 is 1.28 bits per heavy atom. The van der Waals surface area contributed by atoms with Gasteiger partial charge in [-0.15, -0.1) is 0 Å². The molecule has 2 rings (SSSR count). The van der Waals surface area contributed by atoms with Crippen molar-refractivity contribution in [3.8, 4) is 0 Å². The predicted octanol–water partition coefficient (Wildman–Crippen LogP) is 3.10. The van der Waals surface area contributed by atoms with Crippen molar-refractivity contribution in [2.24, 2.45) is 0 Å². The molecule has 0 unspecified atom stereocenters. The van der Waals surface area contributed by atoms with E-state index in [1.165, 1.54) is 38.0 Å². The molecule has 1 aromatic carbocycles. The first-order valence-corrected chi connectivity index (χ1v) is 10.0. The van der Waals surface area contributed by atoms with Crippen LogP contribution in [0.2, 0.25) is 5.02 Å². The second-order valence-corrected chi connectivity index (χ2v) is 9.24. The maximum atomic E-state index is 12.3. The van der Waals surface area contributed by atoms with Gasteiger partial charge in [-0.3, -0.25) is 4.79 Å². The number of thioether (sulfide) groups is 1. The van der Waals surface area contributed by atoms with Crippen molar-refractivity contribution in [2.45, 2.75) is 22.1 Å². The molecule has 25 heavy (non-hydrogen) atoms. The van der Waals surface area contributed by atoms with Crippen LogP contribution in [0.15, 0.2) is 52.5 Å². The summed E-state index contributed by atoms with van der Waals surface area (Å²) in [7, 11) is -0.861. The minimum Gasteiger partial charge on any atom is -0.325 e. The number of sulfonamides is 1. The molecule has 1 N–H and O–H groups in total. The number of carbonyl (C=O) groups excluding carboxylic acids is 1. The molecular weight excluding hydrogens is 382 g/mol. The number of anilines is 1. The third-order valence-corrected chi connectivity index (χ3v) is 6.61. The Kier molecular flexibility index (Phi) is 6.45. The Hall–Kier alpha value is -1.61. The quantitative estimate of drug-likeness (QED) is 0.755. The zero-order chi connectivity index (χ0) is 18.6. The molecule has 0 radical (unpaired) electrons. The first kappa shape index (κ1) is 19.7. The summed E-state index contributed by atoms with van der Waals surface area (Å²) in [5.41, 5.74) is 0.364. The number of halogens is 1. The van der Waals surface area contributed by atoms with Crippen molar-refractivity contribution in [1.82, 2.24) is 9.29 Å². The smallest absolute Gasteiger partial charge is 0.244 e. The molecular formula is C16H18ClN3O3S2. The molecule has 9 heteroatoms. The highest BCUT2D eigenvalue weighted by molar-refractivity contribution is 8.00. The fraction of sp³-hybridized carbons (Fsp3) is 0.250. The highest BCUT2D eigenvalue weighted by Crippen LogP contribution is 2.28. The van der Waals surface area contributed by atoms with Crippen LogP contribution in [0.25, 0.3) is 0 Å². The van der Waals surface area contributed by atoms with E-state index < -0.39 is 15.3 Å². The van der Waals surface area contributed by atoms with E-state index in [2.05, 4.69) is 10.3 Å². The van der Waals surface area contributed by atoms with E-state index in [1.807, 2.05) is 12.1 Å². The van der Waals surface area contributed by atoms with E-state index in [1.54, 1.807) is 25.3 Å². The monoisotopic (exact) mass is 399 g/mol. The standard InChI is InChI=1S/C16H18ClN3O3S2/c1-11(24-15-6-4-5-9-18-15)16(21)19-12-7-8-13(17)14(10-12)25(22,23)20(2)3/h4-11H,1-3H3,(H,19,21)/t11-/m0/s1. The van der Waals surface area contributed by atoms with Crippen LogP contribution in [0.5, 0.6) is 0 Å². The average molecular weight is 400 g/mol. The van der Waals surface area contributed by atoms with Crippen LogP contribution in [-0.4, -0.2) is 43.0 Å². The first-order valence-electron chi connectivity index (χ1n) is 7.32. The number of hydrogen-bond acceptors (Lipinski definition) is 5. The number of hydrogen-bond donors (Lipinski definition) is 1. The van der Waals surface area contributed by atoms with Crippen LogP contribution < -0.4 is 5.32 Å². The minimum absolute atomic E-state index is 0.0537. The topological polar surface area (TPSA) is 79.4 Å². The van der Waals surface area contributed by atoms with Crippen molar-refractivity contribution in [3.63, 3.8) is 0 Å². The molecule has 0 aliphatic heterocycles. The van der Waals surface area contributed by atoms with Crippen molar-refractivity contribution in [2.75, 3.05) is 19.4 Å². The number of aromatic nitrogens is 1. The van der Waals surface area contributed by atoms with Crippen molar-refractivity contribution in [1.29, 1.82) is 0 Å². The van der Waals surface area contributed by atoms with Crippen LogP contribution in [0, 0.1) is 0 Å². The molecule has 0 aliphatic carbocycles. The van der Waals surface area contributed by atoms with Crippen LogP contribution in [0.3, 0.4) is 0 Å². The van der Waals surface area contributed by atoms with Crippen LogP contribution in [0.1, 0.15) is 6.92 Å². The summed E-state index contributed by atoms with van der Waals surface area (Å²) in [4.78, 5) is 16.5. The van der Waals surface area contributed by atoms with Gasteiger partial charge in [0.2, 0.25) is 15.9 Å². The van der Waals surface area contributed by atoms with Crippen molar-refractivity contribution in [3.05, 3.63) is 47.6 Å². The second-order valence-electron chi connectivity index (χ2n) is 5.35. The molecule has 1 amide bonds. The fourth-order valence-corrected chi connectivity index (χ4v) is 4.07. The SMILES string of the molecule is C[C@H](Sc1ccccn1)C(=O)Nc1ccc(Cl)c(S(=O)(=O)N(C)C)c1. The lowest BCUT2D eigenvalue weighted by molar-refractivity contribution is -0.115. The van der Waals surface area contributed by atoms with E-state index in [-0.39, 0.29) is 15.8 Å². The Balaban J connectivity index is 2.16. The normalized spacial score (nSPS) is 12.8. The van der Waals surface area contributed by atoms with Crippen molar-refractivity contribution < 1.29 is 13.2 Å². The van der Waals surface area contributed by atoms with Gasteiger partial charge in [0.25, 0.3) is 0 Å². The Bertz CT molecular complexity index is 858. The summed E-state index contributed by atoms with van der Waals surface area (Å²) in [6, 6.07) is 9.83. The third-order valence-electron chi connectivity index (χ3n) is 3.26. The van der Waals surface area contributed by atoms with Gasteiger partial charge in [-0.25, -0.2) is 17.7 Å². The van der Waals surface area contributed by atoms with Gasteiger partial charge in [0.15, 0.2) is 0 Å². The average Bonchev–Trinajstić information content (AvgIpc) is 2.57. The third kappa shape index (κ3) is 4.94. The largest absolute Gasteiger partial charge is 0.325 e. The lowest BCUT2D eigenvalue weighted by Gasteiger charge is -2.15. The second kappa shape index (κ2) is 8.18. The van der Waals surface area contributed by atoms with Crippen LogP contribution in [0.4, 0.5) is 5.69 Å². The van der Waals surface area contributed by atoms with E-state index in [9.17, 15) is 13.2 Å². The van der Waals surface area contributed by atoms with Gasteiger partial charge in [-0.2, -0.15) is 0 Å². The number of nitrogens with one attached hydrogen (secondary N) is 1. The molecule has 6 nitrogen and oxygen atoms in total. The zero-order valence-corrected chi connectivity index (χ0v) is 16.3. The van der Waals surface area contributed by atoms with Crippen LogP contribution >= 0.6 is 23.4 Å². The zero-order valence-electron chi connectivity index (χ0n) is 13.9. The van der Waals surface area contributed by atoms with Gasteiger partial charge in [-0.1, -0.05) is 29.4 Å². The van der Waals surface area contributed by atoms with E-state index in [4.69, 9.17) is 11.6 Å². The summed E-state index contributed by atoms with van der Waals surface area (Å²) in [5, 5.41) is 3.14. The highest BCUT2D eigenvalue weighted by atomic mass is 35.5. The maximum Gasteiger partial charge on any atom is 0.244 e. The minimum atomic E-state index is -3.70. The predicted molar refractivity (Wildman–Crippen MR) is 101 cm³/mol. The first-order chi connectivity index (χ1) is 11.7. The summed E-state index contributed by atoms with van der Waals surface area (Å²) >= 11 is 7.31. The van der Waals surface area contributed by atoms with Gasteiger partial charge in [0.05, 0.1) is 15.3 Å². The van der Waals surface area contributed by atoms with E-state index >= 15 is 0 Å². The lowest BCUT2D eigenvalue weighted by atomic mass is 10.3. The van der Waals surface area contributed by atoms with E-state index in [0.717, 1.165) is 9.33 Å². The number of carbonyl (C=O) groups is 1. The molecule has 0 aliphatic rings. The number of benzene rings is 1. The van der Waals surface area contributed by atoms with Gasteiger partial charge in [-0.05, 0) is 37.3 Å². The van der Waals surface area contributed by atoms with Crippen molar-refractivity contribution >= 4 is 45.0 Å². The molecule has 0 spiro atoms. The van der Waals surface area contributed by atoms with Gasteiger partial charge in [0.1, 0.15) is 4.90 Å². The molecule has 2 aromatic rings. The molecule has 1 heterocycles. The maximum absolute atomic E-state index is 12.3. The van der Waals surface area contributed by atoms with Crippen LogP contribution in [-0.2, 0) is 14.8 Å².